The molecule has 1 aromatic heterocycles. The molecule has 14 heavy (non-hydrogen) atoms. The second-order valence-electron chi connectivity index (χ2n) is 3.05. The van der Waals surface area contributed by atoms with Crippen LogP contribution in [0, 0.1) is 0 Å². The summed E-state index contributed by atoms with van der Waals surface area (Å²) >= 11 is 3.30. The van der Waals surface area contributed by atoms with Crippen molar-refractivity contribution in [2.45, 2.75) is 18.4 Å². The number of hydrogen-bond acceptors (Lipinski definition) is 3. The van der Waals surface area contributed by atoms with Crippen LogP contribution in [-0.4, -0.2) is 17.0 Å². The van der Waals surface area contributed by atoms with Crippen LogP contribution in [-0.2, 0) is 10.1 Å². The highest BCUT2D eigenvalue weighted by Crippen LogP contribution is 2.29. The average molecular weight is 257 g/mol. The van der Waals surface area contributed by atoms with Gasteiger partial charge in [0.05, 0.1) is 17.6 Å². The summed E-state index contributed by atoms with van der Waals surface area (Å²) in [6, 6.07) is 1.80. The molecule has 0 spiro atoms. The number of nitrogens with one attached hydrogen (secondary N) is 1. The van der Waals surface area contributed by atoms with E-state index in [0.29, 0.717) is 16.8 Å². The number of fused-ring (bicyclic) bond motifs is 1. The Kier molecular flexibility index (Phi) is 2.41. The van der Waals surface area contributed by atoms with Crippen molar-refractivity contribution in [2.24, 2.45) is 0 Å². The maximum absolute atomic E-state index is 11.3. The van der Waals surface area contributed by atoms with Gasteiger partial charge in [-0.3, -0.25) is 9.78 Å². The summed E-state index contributed by atoms with van der Waals surface area (Å²) in [6.45, 7) is 1.71. The number of rotatable bonds is 1. The van der Waals surface area contributed by atoms with Crippen molar-refractivity contribution in [3.8, 4) is 5.75 Å². The first kappa shape index (κ1) is 9.45. The van der Waals surface area contributed by atoms with E-state index in [1.54, 1.807) is 19.2 Å². The minimum absolute atomic E-state index is 0.121. The Bertz CT molecular complexity index is 381. The van der Waals surface area contributed by atoms with Crippen molar-refractivity contribution < 1.29 is 9.53 Å². The molecule has 0 saturated heterocycles. The first-order valence-electron chi connectivity index (χ1n) is 4.23. The Morgan fingerprint density at radius 3 is 3.21 bits per heavy atom. The van der Waals surface area contributed by atoms with Crippen molar-refractivity contribution >= 4 is 27.5 Å². The zero-order valence-electron chi connectivity index (χ0n) is 7.58. The van der Waals surface area contributed by atoms with E-state index < -0.39 is 6.10 Å². The van der Waals surface area contributed by atoms with E-state index >= 15 is 0 Å². The second-order valence-corrected chi connectivity index (χ2v) is 3.62. The molecule has 1 N–H and O–H groups in total. The zero-order chi connectivity index (χ0) is 10.1. The van der Waals surface area contributed by atoms with Gasteiger partial charge < -0.3 is 10.1 Å². The molecular formula is C9H9BrN2O2. The minimum Gasteiger partial charge on any atom is -0.477 e. The molecule has 0 aliphatic carbocycles. The van der Waals surface area contributed by atoms with Gasteiger partial charge in [0.15, 0.2) is 11.9 Å². The number of halogens is 1. The maximum atomic E-state index is 11.3. The van der Waals surface area contributed by atoms with E-state index in [4.69, 9.17) is 4.74 Å². The molecule has 1 amide bonds. The fraction of sp³-hybridized carbons (Fsp3) is 0.333. The molecule has 1 aliphatic rings. The number of aromatic nitrogens is 1. The highest BCUT2D eigenvalue weighted by atomic mass is 79.9. The van der Waals surface area contributed by atoms with Gasteiger partial charge in [0.1, 0.15) is 0 Å². The van der Waals surface area contributed by atoms with Crippen LogP contribution < -0.4 is 10.1 Å². The van der Waals surface area contributed by atoms with Gasteiger partial charge in [0.2, 0.25) is 0 Å². The lowest BCUT2D eigenvalue weighted by molar-refractivity contribution is -0.122. The molecule has 2 rings (SSSR count). The topological polar surface area (TPSA) is 51.2 Å². The number of ether oxygens (including phenoxy) is 1. The molecule has 1 atom stereocenters. The van der Waals surface area contributed by atoms with Crippen LogP contribution in [0.15, 0.2) is 12.3 Å². The average Bonchev–Trinajstić information content (AvgIpc) is 2.19. The van der Waals surface area contributed by atoms with Gasteiger partial charge in [0, 0.05) is 5.33 Å². The number of anilines is 1. The van der Waals surface area contributed by atoms with Gasteiger partial charge in [-0.15, -0.1) is 0 Å². The van der Waals surface area contributed by atoms with Gasteiger partial charge in [-0.2, -0.15) is 0 Å². The highest BCUT2D eigenvalue weighted by molar-refractivity contribution is 9.08. The molecule has 74 valence electrons. The van der Waals surface area contributed by atoms with E-state index in [1.807, 2.05) is 0 Å². The number of alkyl halides is 1. The Balaban J connectivity index is 2.37. The molecule has 0 radical (unpaired) electrons. The van der Waals surface area contributed by atoms with Gasteiger partial charge in [-0.05, 0) is 13.0 Å². The quantitative estimate of drug-likeness (QED) is 0.779. The van der Waals surface area contributed by atoms with Crippen molar-refractivity contribution in [3.05, 3.63) is 18.0 Å². The highest BCUT2D eigenvalue weighted by Gasteiger charge is 2.23. The van der Waals surface area contributed by atoms with E-state index in [-0.39, 0.29) is 5.91 Å². The Labute approximate surface area is 89.8 Å². The van der Waals surface area contributed by atoms with Crippen LogP contribution in [0.25, 0.3) is 0 Å². The smallest absolute Gasteiger partial charge is 0.265 e. The molecular weight excluding hydrogens is 248 g/mol. The summed E-state index contributed by atoms with van der Waals surface area (Å²) < 4.78 is 5.35. The molecule has 0 aromatic carbocycles. The standard InChI is InChI=1S/C9H9BrN2O2/c1-5-9(13)12-7-2-6(3-10)11-4-8(7)14-5/h2,4-5H,3H2,1H3,(H,12,13). The first-order valence-corrected chi connectivity index (χ1v) is 5.35. The largest absolute Gasteiger partial charge is 0.477 e. The van der Waals surface area contributed by atoms with Crippen LogP contribution in [0.3, 0.4) is 0 Å². The summed E-state index contributed by atoms with van der Waals surface area (Å²) in [5.74, 6) is 0.506. The molecule has 0 fully saturated rings. The normalized spacial score (nSPS) is 19.6. The van der Waals surface area contributed by atoms with Crippen LogP contribution in [0.5, 0.6) is 5.75 Å². The van der Waals surface area contributed by atoms with Crippen molar-refractivity contribution in [1.29, 1.82) is 0 Å². The van der Waals surface area contributed by atoms with Crippen molar-refractivity contribution in [3.63, 3.8) is 0 Å². The lowest BCUT2D eigenvalue weighted by Crippen LogP contribution is -2.34. The molecule has 1 aliphatic heterocycles. The monoisotopic (exact) mass is 256 g/mol. The molecule has 1 unspecified atom stereocenters. The van der Waals surface area contributed by atoms with Crippen LogP contribution in [0.4, 0.5) is 5.69 Å². The van der Waals surface area contributed by atoms with Gasteiger partial charge in [-0.25, -0.2) is 0 Å². The predicted octanol–water partition coefficient (Wildman–Crippen LogP) is 1.70. The van der Waals surface area contributed by atoms with Crippen LogP contribution in [0.2, 0.25) is 0 Å². The molecule has 0 bridgehead atoms. The minimum atomic E-state index is -0.445. The van der Waals surface area contributed by atoms with Gasteiger partial charge in [-0.1, -0.05) is 15.9 Å². The third-order valence-electron chi connectivity index (χ3n) is 1.99. The molecule has 0 saturated carbocycles. The van der Waals surface area contributed by atoms with Gasteiger partial charge in [0.25, 0.3) is 5.91 Å². The lowest BCUT2D eigenvalue weighted by Gasteiger charge is -2.22. The van der Waals surface area contributed by atoms with Crippen LogP contribution in [0.1, 0.15) is 12.6 Å². The molecule has 1 aromatic rings. The number of carbonyl (C=O) groups excluding carboxylic acids is 1. The van der Waals surface area contributed by atoms with Crippen molar-refractivity contribution in [2.75, 3.05) is 5.32 Å². The Morgan fingerprint density at radius 1 is 1.71 bits per heavy atom. The Hall–Kier alpha value is -1.10. The summed E-state index contributed by atoms with van der Waals surface area (Å²) in [7, 11) is 0. The number of pyridine rings is 1. The molecule has 4 nitrogen and oxygen atoms in total. The summed E-state index contributed by atoms with van der Waals surface area (Å²) in [4.78, 5) is 15.4. The van der Waals surface area contributed by atoms with Gasteiger partial charge >= 0.3 is 0 Å². The van der Waals surface area contributed by atoms with E-state index in [0.717, 1.165) is 5.69 Å². The van der Waals surface area contributed by atoms with E-state index in [1.165, 1.54) is 0 Å². The number of hydrogen-bond donors (Lipinski definition) is 1. The SMILES string of the molecule is CC1Oc2cnc(CBr)cc2NC1=O. The summed E-state index contributed by atoms with van der Waals surface area (Å²) in [5, 5.41) is 3.42. The predicted molar refractivity (Wildman–Crippen MR) is 55.6 cm³/mol. The number of amides is 1. The number of nitrogens with zero attached hydrogens (tertiary/aromatic N) is 1. The summed E-state index contributed by atoms with van der Waals surface area (Å²) in [5.41, 5.74) is 1.56. The third kappa shape index (κ3) is 1.59. The third-order valence-corrected chi connectivity index (χ3v) is 2.57. The first-order chi connectivity index (χ1) is 6.70. The zero-order valence-corrected chi connectivity index (χ0v) is 9.17. The molecule has 2 heterocycles. The second kappa shape index (κ2) is 3.57. The van der Waals surface area contributed by atoms with E-state index in [2.05, 4.69) is 26.2 Å². The fourth-order valence-electron chi connectivity index (χ4n) is 1.23. The Morgan fingerprint density at radius 2 is 2.50 bits per heavy atom. The maximum Gasteiger partial charge on any atom is 0.265 e. The van der Waals surface area contributed by atoms with Crippen LogP contribution >= 0.6 is 15.9 Å². The molecule has 5 heteroatoms. The lowest BCUT2D eigenvalue weighted by atomic mass is 10.2. The summed E-state index contributed by atoms with van der Waals surface area (Å²) in [6.07, 6.45) is 1.18. The number of carbonyl (C=O) groups is 1. The van der Waals surface area contributed by atoms with E-state index in [9.17, 15) is 4.79 Å². The fourth-order valence-corrected chi connectivity index (χ4v) is 1.54. The van der Waals surface area contributed by atoms with Crippen molar-refractivity contribution in [1.82, 2.24) is 4.98 Å².